The third kappa shape index (κ3) is 4.02. The third-order valence-corrected chi connectivity index (χ3v) is 2.81. The maximum absolute atomic E-state index is 13.5. The van der Waals surface area contributed by atoms with E-state index in [4.69, 9.17) is 4.74 Å². The van der Waals surface area contributed by atoms with E-state index in [1.807, 2.05) is 6.92 Å². The zero-order chi connectivity index (χ0) is 13.5. The summed E-state index contributed by atoms with van der Waals surface area (Å²) in [6, 6.07) is 4.75. The molecule has 0 aromatic heterocycles. The molecule has 0 aliphatic carbocycles. The first kappa shape index (κ1) is 14.5. The van der Waals surface area contributed by atoms with Crippen LogP contribution < -0.4 is 4.74 Å². The molecule has 0 fully saturated rings. The topological polar surface area (TPSA) is 29.5 Å². The molecule has 1 aromatic carbocycles. The van der Waals surface area contributed by atoms with Crippen LogP contribution in [-0.2, 0) is 11.3 Å². The molecule has 1 aromatic rings. The lowest BCUT2D eigenvalue weighted by Gasteiger charge is -2.17. The number of benzene rings is 1. The molecule has 0 unspecified atom stereocenters. The van der Waals surface area contributed by atoms with Gasteiger partial charge in [0.15, 0.2) is 11.6 Å². The smallest absolute Gasteiger partial charge is 0.222 e. The highest BCUT2D eigenvalue weighted by Gasteiger charge is 2.10. The van der Waals surface area contributed by atoms with Gasteiger partial charge < -0.3 is 9.64 Å². The van der Waals surface area contributed by atoms with Gasteiger partial charge in [-0.3, -0.25) is 4.79 Å². The van der Waals surface area contributed by atoms with Crippen molar-refractivity contribution in [2.24, 2.45) is 0 Å². The number of carbonyl (C=O) groups is 1. The Morgan fingerprint density at radius 3 is 2.72 bits per heavy atom. The van der Waals surface area contributed by atoms with E-state index in [0.717, 1.165) is 18.4 Å². The highest BCUT2D eigenvalue weighted by atomic mass is 19.1. The predicted octanol–water partition coefficient (Wildman–Crippen LogP) is 2.98. The molecule has 0 heterocycles. The minimum atomic E-state index is -0.399. The number of rotatable bonds is 6. The maximum Gasteiger partial charge on any atom is 0.222 e. The SMILES string of the molecule is CCCCC(=O)N(C)Cc1ccc(OC)c(F)c1. The number of carbonyl (C=O) groups excluding carboxylic acids is 1. The summed E-state index contributed by atoms with van der Waals surface area (Å²) in [6.45, 7) is 2.47. The molecule has 0 spiro atoms. The van der Waals surface area contributed by atoms with Crippen LogP contribution in [0.1, 0.15) is 31.7 Å². The number of halogens is 1. The summed E-state index contributed by atoms with van der Waals surface area (Å²) in [6.07, 6.45) is 2.43. The highest BCUT2D eigenvalue weighted by Crippen LogP contribution is 2.18. The van der Waals surface area contributed by atoms with Crippen LogP contribution >= 0.6 is 0 Å². The third-order valence-electron chi connectivity index (χ3n) is 2.81. The fourth-order valence-corrected chi connectivity index (χ4v) is 1.69. The molecule has 0 saturated carbocycles. The Morgan fingerprint density at radius 1 is 1.44 bits per heavy atom. The summed E-state index contributed by atoms with van der Waals surface area (Å²) in [5.74, 6) is -0.0869. The first-order valence-corrected chi connectivity index (χ1v) is 6.14. The van der Waals surface area contributed by atoms with Crippen LogP contribution in [0, 0.1) is 5.82 Å². The Labute approximate surface area is 108 Å². The minimum absolute atomic E-state index is 0.0908. The monoisotopic (exact) mass is 253 g/mol. The number of methoxy groups -OCH3 is 1. The molecule has 0 bridgehead atoms. The van der Waals surface area contributed by atoms with Gasteiger partial charge >= 0.3 is 0 Å². The average Bonchev–Trinajstić information content (AvgIpc) is 2.36. The second-order valence-corrected chi connectivity index (χ2v) is 4.32. The van der Waals surface area contributed by atoms with Crippen molar-refractivity contribution in [3.63, 3.8) is 0 Å². The van der Waals surface area contributed by atoms with Crippen molar-refractivity contribution in [1.29, 1.82) is 0 Å². The fourth-order valence-electron chi connectivity index (χ4n) is 1.69. The standard InChI is InChI=1S/C14H20FNO2/c1-4-5-6-14(17)16(2)10-11-7-8-13(18-3)12(15)9-11/h7-9H,4-6,10H2,1-3H3. The lowest BCUT2D eigenvalue weighted by Crippen LogP contribution is -2.25. The molecule has 0 atom stereocenters. The maximum atomic E-state index is 13.5. The summed E-state index contributed by atoms with van der Waals surface area (Å²) in [7, 11) is 3.17. The summed E-state index contributed by atoms with van der Waals surface area (Å²) < 4.78 is 18.3. The predicted molar refractivity (Wildman–Crippen MR) is 69.0 cm³/mol. The molecule has 4 heteroatoms. The van der Waals surface area contributed by atoms with Gasteiger partial charge in [-0.1, -0.05) is 19.4 Å². The van der Waals surface area contributed by atoms with Gasteiger partial charge in [-0.25, -0.2) is 4.39 Å². The lowest BCUT2D eigenvalue weighted by atomic mass is 10.2. The number of hydrogen-bond acceptors (Lipinski definition) is 2. The molecule has 1 amide bonds. The van der Waals surface area contributed by atoms with Crippen LogP contribution in [0.15, 0.2) is 18.2 Å². The Balaban J connectivity index is 2.61. The van der Waals surface area contributed by atoms with Gasteiger partial charge in [-0.15, -0.1) is 0 Å². The minimum Gasteiger partial charge on any atom is -0.494 e. The zero-order valence-corrected chi connectivity index (χ0v) is 11.2. The van der Waals surface area contributed by atoms with Crippen LogP contribution in [0.2, 0.25) is 0 Å². The number of nitrogens with zero attached hydrogens (tertiary/aromatic N) is 1. The van der Waals surface area contributed by atoms with Crippen molar-refractivity contribution in [3.8, 4) is 5.75 Å². The second kappa shape index (κ2) is 6.99. The molecule has 0 aliphatic rings. The Morgan fingerprint density at radius 2 is 2.17 bits per heavy atom. The van der Waals surface area contributed by atoms with Crippen LogP contribution in [0.25, 0.3) is 0 Å². The molecule has 0 N–H and O–H groups in total. The van der Waals surface area contributed by atoms with E-state index in [1.165, 1.54) is 13.2 Å². The van der Waals surface area contributed by atoms with Gasteiger partial charge in [0, 0.05) is 20.0 Å². The van der Waals surface area contributed by atoms with Crippen LogP contribution in [0.3, 0.4) is 0 Å². The van der Waals surface area contributed by atoms with E-state index in [9.17, 15) is 9.18 Å². The normalized spacial score (nSPS) is 10.2. The van der Waals surface area contributed by atoms with E-state index in [0.29, 0.717) is 13.0 Å². The van der Waals surface area contributed by atoms with E-state index >= 15 is 0 Å². The Hall–Kier alpha value is -1.58. The Kier molecular flexibility index (Phi) is 5.62. The molecule has 18 heavy (non-hydrogen) atoms. The quantitative estimate of drug-likeness (QED) is 0.780. The highest BCUT2D eigenvalue weighted by molar-refractivity contribution is 5.75. The first-order valence-electron chi connectivity index (χ1n) is 6.14. The van der Waals surface area contributed by atoms with Crippen LogP contribution in [0.5, 0.6) is 5.75 Å². The first-order chi connectivity index (χ1) is 8.58. The molecule has 1 rings (SSSR count). The van der Waals surface area contributed by atoms with E-state index in [1.54, 1.807) is 24.1 Å². The van der Waals surface area contributed by atoms with Gasteiger partial charge in [0.05, 0.1) is 7.11 Å². The zero-order valence-electron chi connectivity index (χ0n) is 11.2. The van der Waals surface area contributed by atoms with Gasteiger partial charge in [-0.05, 0) is 24.1 Å². The molecule has 0 aliphatic heterocycles. The molecular formula is C14H20FNO2. The lowest BCUT2D eigenvalue weighted by molar-refractivity contribution is -0.130. The molecule has 3 nitrogen and oxygen atoms in total. The van der Waals surface area contributed by atoms with Gasteiger partial charge in [-0.2, -0.15) is 0 Å². The fraction of sp³-hybridized carbons (Fsp3) is 0.500. The van der Waals surface area contributed by atoms with Gasteiger partial charge in [0.2, 0.25) is 5.91 Å². The summed E-state index contributed by atoms with van der Waals surface area (Å²) in [5, 5.41) is 0. The van der Waals surface area contributed by atoms with Crippen molar-refractivity contribution in [3.05, 3.63) is 29.6 Å². The number of hydrogen-bond donors (Lipinski definition) is 0. The van der Waals surface area contributed by atoms with Crippen molar-refractivity contribution < 1.29 is 13.9 Å². The Bertz CT molecular complexity index is 407. The van der Waals surface area contributed by atoms with E-state index < -0.39 is 5.82 Å². The van der Waals surface area contributed by atoms with Crippen LogP contribution in [0.4, 0.5) is 4.39 Å². The number of amides is 1. The molecule has 100 valence electrons. The largest absolute Gasteiger partial charge is 0.494 e. The summed E-state index contributed by atoms with van der Waals surface area (Å²) >= 11 is 0. The number of unbranched alkanes of at least 4 members (excludes halogenated alkanes) is 1. The number of ether oxygens (including phenoxy) is 1. The van der Waals surface area contributed by atoms with Crippen molar-refractivity contribution >= 4 is 5.91 Å². The molecular weight excluding hydrogens is 233 g/mol. The van der Waals surface area contributed by atoms with E-state index in [-0.39, 0.29) is 11.7 Å². The molecule has 0 radical (unpaired) electrons. The second-order valence-electron chi connectivity index (χ2n) is 4.32. The van der Waals surface area contributed by atoms with Crippen LogP contribution in [-0.4, -0.2) is 25.0 Å². The van der Waals surface area contributed by atoms with Crippen molar-refractivity contribution in [2.75, 3.05) is 14.2 Å². The van der Waals surface area contributed by atoms with Gasteiger partial charge in [0.1, 0.15) is 0 Å². The van der Waals surface area contributed by atoms with Gasteiger partial charge in [0.25, 0.3) is 0 Å². The summed E-state index contributed by atoms with van der Waals surface area (Å²) in [4.78, 5) is 13.3. The van der Waals surface area contributed by atoms with Crippen molar-refractivity contribution in [1.82, 2.24) is 4.90 Å². The van der Waals surface area contributed by atoms with E-state index in [2.05, 4.69) is 0 Å². The molecule has 0 saturated heterocycles. The summed E-state index contributed by atoms with van der Waals surface area (Å²) in [5.41, 5.74) is 0.764. The average molecular weight is 253 g/mol. The van der Waals surface area contributed by atoms with Crippen molar-refractivity contribution in [2.45, 2.75) is 32.7 Å².